The summed E-state index contributed by atoms with van der Waals surface area (Å²) >= 11 is 12.1. The fourth-order valence-electron chi connectivity index (χ4n) is 7.77. The Kier molecular flexibility index (Phi) is 19.2. The van der Waals surface area contributed by atoms with Crippen molar-refractivity contribution in [2.24, 2.45) is 11.7 Å². The zero-order valence-corrected chi connectivity index (χ0v) is 43.9. The fourth-order valence-corrected chi connectivity index (χ4v) is 8.20. The molecule has 0 atom stereocenters. The number of carboxylic acids is 1. The highest BCUT2D eigenvalue weighted by Gasteiger charge is 2.74. The van der Waals surface area contributed by atoms with Crippen LogP contribution in [0, 0.1) is 33.6 Å². The molecule has 2 fully saturated rings. The van der Waals surface area contributed by atoms with Gasteiger partial charge in [0.05, 0.1) is 39.4 Å². The number of hydrogen-bond donors (Lipinski definition) is 2. The number of ketones is 1. The molecule has 8 rings (SSSR count). The molecule has 0 unspecified atom stereocenters. The molecule has 418 valence electrons. The third-order valence-corrected chi connectivity index (χ3v) is 12.5. The smallest absolute Gasteiger partial charge is 0.435 e. The Morgan fingerprint density at radius 2 is 0.896 bits per heavy atom. The van der Waals surface area contributed by atoms with Gasteiger partial charge in [-0.05, 0) is 117 Å². The van der Waals surface area contributed by atoms with E-state index in [-0.39, 0.29) is 50.0 Å². The first-order valence-electron chi connectivity index (χ1n) is 22.2. The molecule has 9 nitrogen and oxygen atoms in total. The van der Waals surface area contributed by atoms with Crippen molar-refractivity contribution >= 4 is 65.5 Å². The highest BCUT2D eigenvalue weighted by Crippen LogP contribution is 2.55. The number of Topliss-reactive ketones (excluding diaryl/α,β-unsaturated/α-hetero) is 1. The van der Waals surface area contributed by atoms with E-state index in [9.17, 15) is 76.2 Å². The van der Waals surface area contributed by atoms with Crippen molar-refractivity contribution in [2.75, 3.05) is 0 Å². The van der Waals surface area contributed by atoms with E-state index in [1.165, 1.54) is 92.9 Å². The van der Waals surface area contributed by atoms with Gasteiger partial charge in [0.2, 0.25) is 9.23 Å². The molecule has 0 saturated heterocycles. The highest BCUT2D eigenvalue weighted by molar-refractivity contribution is 8.26. The van der Waals surface area contributed by atoms with Crippen molar-refractivity contribution in [1.29, 1.82) is 0 Å². The summed E-state index contributed by atoms with van der Waals surface area (Å²) < 4.78 is 199. The average molecular weight is 1200 g/mol. The Balaban J connectivity index is 0.000000249. The van der Waals surface area contributed by atoms with Crippen LogP contribution in [0.5, 0.6) is 0 Å². The van der Waals surface area contributed by atoms with Gasteiger partial charge in [-0.3, -0.25) is 4.79 Å². The summed E-state index contributed by atoms with van der Waals surface area (Å²) in [4.78, 5) is 23.9. The van der Waals surface area contributed by atoms with Gasteiger partial charge in [-0.2, -0.15) is 62.9 Å². The number of halogens is 18. The standard InChI is InChI=1S/C25H20ClF7N2O.C21H14ClF7N2O2.C3H7N.Cl2OS/c1-13-7-18(23(27,24(28,29)30)25(31,32)33)8-14(2)22(13)35-12-17(11-34-35)16-5-6-20(26)19(10-16)21(36)9-15-3-4-15;1-10-5-14(19(23,20(24,25)26)21(27,28)29)6-11(2)17(10)31-9-13(8-30-31)12-3-4-16(22)15(7-12)18(32)33;4-3-1-2-3;1-4(2)3/h5-8,10-12,15H,3-4,9H2,1-2H3;3-9H,1-2H3,(H,32,33);3H,1-2,4H2;. The Labute approximate surface area is 450 Å². The average Bonchev–Trinajstić information content (AvgIpc) is 4.18. The monoisotopic (exact) mass is 1200 g/mol. The highest BCUT2D eigenvalue weighted by atomic mass is 36.0. The van der Waals surface area contributed by atoms with Crippen LogP contribution in [0.25, 0.3) is 33.6 Å². The summed E-state index contributed by atoms with van der Waals surface area (Å²) in [6.45, 7) is 5.00. The molecule has 0 bridgehead atoms. The largest absolute Gasteiger partial charge is 0.478 e. The second kappa shape index (κ2) is 23.6. The number of nitrogens with zero attached hydrogens (tertiary/aromatic N) is 4. The molecule has 2 aliphatic rings. The van der Waals surface area contributed by atoms with Crippen LogP contribution in [0.15, 0.2) is 85.5 Å². The maximum absolute atomic E-state index is 14.6. The molecular formula is C49H41Cl4F14N5O4S. The van der Waals surface area contributed by atoms with Crippen molar-refractivity contribution in [3.8, 4) is 33.6 Å². The molecule has 0 radical (unpaired) electrons. The summed E-state index contributed by atoms with van der Waals surface area (Å²) in [7, 11) is 7.36. The number of aromatic carboxylic acids is 1. The number of nitrogens with two attached hydrogens (primary N) is 1. The Bertz CT molecular complexity index is 3090. The number of carboxylic acid groups (broad SMARTS) is 1. The van der Waals surface area contributed by atoms with Crippen molar-refractivity contribution < 1.29 is 80.4 Å². The lowest BCUT2D eigenvalue weighted by atomic mass is 9.90. The van der Waals surface area contributed by atoms with E-state index in [0.29, 0.717) is 75.5 Å². The lowest BCUT2D eigenvalue weighted by molar-refractivity contribution is -0.349. The summed E-state index contributed by atoms with van der Waals surface area (Å²) in [6, 6.07) is 11.6. The van der Waals surface area contributed by atoms with E-state index in [2.05, 4.69) is 31.6 Å². The van der Waals surface area contributed by atoms with Crippen LogP contribution in [0.4, 0.5) is 61.5 Å². The maximum Gasteiger partial charge on any atom is 0.435 e. The maximum atomic E-state index is 14.6. The SMILES string of the molecule is Cc1cc(C(F)(C(F)(F)F)C(F)(F)F)cc(C)c1-n1cc(-c2ccc(Cl)c(C(=O)CC3CC3)c2)cn1.Cc1cc(C(F)(C(F)(F)F)C(F)(F)F)cc(C)c1-n1cc(-c2ccc(Cl)c(C(=O)O)c2)cn1.NC1CC1.O=S(Cl)Cl. The number of rotatable bonds is 10. The summed E-state index contributed by atoms with van der Waals surface area (Å²) in [5, 5.41) is 17.8. The fraction of sp³-hybridized carbons (Fsp3) is 0.347. The third-order valence-electron chi connectivity index (χ3n) is 11.9. The number of benzene rings is 4. The summed E-state index contributed by atoms with van der Waals surface area (Å²) in [6.07, 6.45) is -14.2. The van der Waals surface area contributed by atoms with Crippen LogP contribution in [0.1, 0.15) is 86.2 Å². The minimum absolute atomic E-state index is 0.00459. The van der Waals surface area contributed by atoms with E-state index >= 15 is 0 Å². The van der Waals surface area contributed by atoms with Crippen molar-refractivity contribution in [3.05, 3.63) is 140 Å². The first-order valence-corrected chi connectivity index (χ1v) is 25.7. The van der Waals surface area contributed by atoms with E-state index in [0.717, 1.165) is 12.8 Å². The zero-order valence-electron chi connectivity index (χ0n) is 40.0. The quantitative estimate of drug-likeness (QED) is 0.0793. The molecule has 3 N–H and O–H groups in total. The van der Waals surface area contributed by atoms with Gasteiger partial charge in [0.15, 0.2) is 5.78 Å². The van der Waals surface area contributed by atoms with E-state index in [4.69, 9.17) is 33.1 Å². The van der Waals surface area contributed by atoms with Gasteiger partial charge in [-0.25, -0.2) is 27.1 Å². The predicted octanol–water partition coefficient (Wildman–Crippen LogP) is 16.0. The summed E-state index contributed by atoms with van der Waals surface area (Å²) in [5.74, 6) is -0.977. The van der Waals surface area contributed by atoms with Gasteiger partial charge in [-0.1, -0.05) is 59.6 Å². The molecule has 0 aliphatic heterocycles. The van der Waals surface area contributed by atoms with Crippen LogP contribution in [0.3, 0.4) is 0 Å². The molecule has 28 heteroatoms. The van der Waals surface area contributed by atoms with Crippen molar-refractivity contribution in [2.45, 2.75) is 102 Å². The molecule has 2 aliphatic carbocycles. The molecule has 2 heterocycles. The zero-order chi connectivity index (χ0) is 58.1. The number of aromatic nitrogens is 4. The minimum Gasteiger partial charge on any atom is -0.478 e. The molecule has 4 aromatic carbocycles. The second-order valence-electron chi connectivity index (χ2n) is 17.9. The van der Waals surface area contributed by atoms with Gasteiger partial charge in [0, 0.05) is 74.0 Å². The molecule has 0 amide bonds. The number of carbonyl (C=O) groups is 2. The molecule has 2 saturated carbocycles. The number of alkyl halides is 14. The van der Waals surface area contributed by atoms with Crippen LogP contribution < -0.4 is 5.73 Å². The van der Waals surface area contributed by atoms with E-state index in [1.807, 2.05) is 0 Å². The van der Waals surface area contributed by atoms with Gasteiger partial charge in [-0.15, -0.1) is 0 Å². The van der Waals surface area contributed by atoms with E-state index < -0.39 is 62.4 Å². The van der Waals surface area contributed by atoms with Crippen LogP contribution in [-0.4, -0.2) is 71.4 Å². The molecule has 6 aromatic rings. The first kappa shape index (κ1) is 62.6. The summed E-state index contributed by atoms with van der Waals surface area (Å²) in [5.41, 5.74) is -6.71. The van der Waals surface area contributed by atoms with Gasteiger partial charge < -0.3 is 10.8 Å². The molecule has 77 heavy (non-hydrogen) atoms. The number of aryl methyl sites for hydroxylation is 4. The van der Waals surface area contributed by atoms with Gasteiger partial charge in [0.25, 0.3) is 0 Å². The van der Waals surface area contributed by atoms with Gasteiger partial charge in [0.1, 0.15) is 0 Å². The number of carbonyl (C=O) groups excluding carboxylic acids is 1. The van der Waals surface area contributed by atoms with Crippen molar-refractivity contribution in [3.63, 3.8) is 0 Å². The number of hydrogen-bond acceptors (Lipinski definition) is 6. The Hall–Kier alpha value is -5.27. The predicted molar refractivity (Wildman–Crippen MR) is 262 cm³/mol. The second-order valence-corrected chi connectivity index (χ2v) is 21.2. The van der Waals surface area contributed by atoms with Crippen LogP contribution in [-0.2, 0) is 20.6 Å². The Morgan fingerprint density at radius 1 is 0.584 bits per heavy atom. The molecule has 2 aromatic heterocycles. The minimum atomic E-state index is -6.22. The van der Waals surface area contributed by atoms with E-state index in [1.54, 1.807) is 18.2 Å². The molecular weight excluding hydrogens is 1160 g/mol. The van der Waals surface area contributed by atoms with Crippen LogP contribution in [0.2, 0.25) is 10.0 Å². The lowest BCUT2D eigenvalue weighted by Gasteiger charge is -2.31. The van der Waals surface area contributed by atoms with Gasteiger partial charge >= 0.3 is 42.0 Å². The Morgan fingerprint density at radius 3 is 1.18 bits per heavy atom. The first-order chi connectivity index (χ1) is 35.3. The van der Waals surface area contributed by atoms with Crippen molar-refractivity contribution in [1.82, 2.24) is 19.6 Å². The third kappa shape index (κ3) is 14.3. The lowest BCUT2D eigenvalue weighted by Crippen LogP contribution is -2.50. The normalized spacial score (nSPS) is 14.2. The topological polar surface area (TPSA) is 133 Å². The van der Waals surface area contributed by atoms with Crippen LogP contribution >= 0.6 is 44.6 Å². The molecule has 0 spiro atoms.